The molecule has 1 N–H and O–H groups in total. The number of hydrogen-bond acceptors (Lipinski definition) is 5. The third-order valence-corrected chi connectivity index (χ3v) is 3.62. The van der Waals surface area contributed by atoms with Crippen LogP contribution in [0.2, 0.25) is 0 Å². The molecule has 0 bridgehead atoms. The van der Waals surface area contributed by atoms with Crippen LogP contribution in [0, 0.1) is 0 Å². The molecule has 1 aromatic carbocycles. The molecular formula is C14H17N5O2. The van der Waals surface area contributed by atoms with Crippen molar-refractivity contribution < 1.29 is 9.53 Å². The average Bonchev–Trinajstić information content (AvgIpc) is 3.20. The van der Waals surface area contributed by atoms with E-state index >= 15 is 0 Å². The van der Waals surface area contributed by atoms with Gasteiger partial charge >= 0.3 is 0 Å². The van der Waals surface area contributed by atoms with Crippen molar-refractivity contribution in [1.82, 2.24) is 25.5 Å². The molecule has 0 radical (unpaired) electrons. The normalized spacial score (nSPS) is 19.4. The molecule has 0 saturated carbocycles. The van der Waals surface area contributed by atoms with Crippen LogP contribution in [0.4, 0.5) is 0 Å². The molecule has 7 nitrogen and oxygen atoms in total. The van der Waals surface area contributed by atoms with Gasteiger partial charge in [-0.2, -0.15) is 0 Å². The smallest absolute Gasteiger partial charge is 0.251 e. The zero-order valence-electron chi connectivity index (χ0n) is 11.8. The molecule has 1 aliphatic rings. The summed E-state index contributed by atoms with van der Waals surface area (Å²) in [6.45, 7) is 2.76. The minimum Gasteiger partial charge on any atom is -0.376 e. The molecule has 2 heterocycles. The summed E-state index contributed by atoms with van der Waals surface area (Å²) in [5, 5.41) is 13.9. The van der Waals surface area contributed by atoms with Gasteiger partial charge in [0, 0.05) is 12.2 Å². The van der Waals surface area contributed by atoms with Crippen LogP contribution < -0.4 is 5.32 Å². The van der Waals surface area contributed by atoms with Crippen LogP contribution in [0.15, 0.2) is 30.6 Å². The van der Waals surface area contributed by atoms with Gasteiger partial charge in [0.25, 0.3) is 5.91 Å². The van der Waals surface area contributed by atoms with Gasteiger partial charge in [0.15, 0.2) is 0 Å². The Morgan fingerprint density at radius 3 is 2.86 bits per heavy atom. The monoisotopic (exact) mass is 287 g/mol. The maximum Gasteiger partial charge on any atom is 0.251 e. The fourth-order valence-corrected chi connectivity index (χ4v) is 2.43. The quantitative estimate of drug-likeness (QED) is 0.905. The van der Waals surface area contributed by atoms with Crippen LogP contribution in [0.5, 0.6) is 0 Å². The highest BCUT2D eigenvalue weighted by Gasteiger charge is 2.23. The van der Waals surface area contributed by atoms with Crippen LogP contribution >= 0.6 is 0 Å². The van der Waals surface area contributed by atoms with Crippen molar-refractivity contribution in [3.05, 3.63) is 36.2 Å². The second-order valence-corrected chi connectivity index (χ2v) is 5.11. The number of nitrogens with zero attached hydrogens (tertiary/aromatic N) is 4. The van der Waals surface area contributed by atoms with Crippen molar-refractivity contribution in [3.63, 3.8) is 0 Å². The highest BCUT2D eigenvalue weighted by molar-refractivity contribution is 5.94. The Morgan fingerprint density at radius 2 is 2.24 bits per heavy atom. The molecule has 0 unspecified atom stereocenters. The van der Waals surface area contributed by atoms with E-state index in [0.29, 0.717) is 5.56 Å². The fourth-order valence-electron chi connectivity index (χ4n) is 2.43. The van der Waals surface area contributed by atoms with Crippen molar-refractivity contribution in [2.75, 3.05) is 6.61 Å². The molecule has 0 aliphatic carbocycles. The lowest BCUT2D eigenvalue weighted by molar-refractivity contribution is 0.0712. The van der Waals surface area contributed by atoms with Crippen molar-refractivity contribution >= 4 is 5.91 Å². The summed E-state index contributed by atoms with van der Waals surface area (Å²) in [4.78, 5) is 12.2. The Morgan fingerprint density at radius 1 is 1.43 bits per heavy atom. The molecule has 1 fully saturated rings. The predicted octanol–water partition coefficient (Wildman–Crippen LogP) is 0.960. The topological polar surface area (TPSA) is 81.9 Å². The number of rotatable bonds is 4. The van der Waals surface area contributed by atoms with E-state index in [1.165, 1.54) is 11.0 Å². The number of benzene rings is 1. The lowest BCUT2D eigenvalue weighted by Crippen LogP contribution is -2.40. The fraction of sp³-hybridized carbons (Fsp3) is 0.429. The Labute approximate surface area is 122 Å². The summed E-state index contributed by atoms with van der Waals surface area (Å²) in [6.07, 6.45) is 3.69. The maximum absolute atomic E-state index is 12.2. The Bertz CT molecular complexity index is 590. The largest absolute Gasteiger partial charge is 0.376 e. The summed E-state index contributed by atoms with van der Waals surface area (Å²) in [6, 6.07) is 7.15. The molecule has 1 aliphatic heterocycles. The molecule has 110 valence electrons. The summed E-state index contributed by atoms with van der Waals surface area (Å²) in [7, 11) is 0. The van der Waals surface area contributed by atoms with Gasteiger partial charge in [-0.3, -0.25) is 4.79 Å². The van der Waals surface area contributed by atoms with Gasteiger partial charge in [-0.1, -0.05) is 0 Å². The highest BCUT2D eigenvalue weighted by Crippen LogP contribution is 2.16. The molecule has 0 spiro atoms. The number of ether oxygens (including phenoxy) is 1. The lowest BCUT2D eigenvalue weighted by Gasteiger charge is -2.20. The standard InChI is InChI=1S/C14H17N5O2/c1-10(13-3-2-8-21-13)16-14(20)11-4-6-12(7-5-11)19-9-15-17-18-19/h4-7,9-10,13H,2-3,8H2,1H3,(H,16,20)/t10-,13+/m1/s1. The Kier molecular flexibility index (Phi) is 3.92. The second-order valence-electron chi connectivity index (χ2n) is 5.11. The van der Waals surface area contributed by atoms with Crippen LogP contribution in [-0.4, -0.2) is 44.9 Å². The number of tetrazole rings is 1. The average molecular weight is 287 g/mol. The number of hydrogen-bond donors (Lipinski definition) is 1. The SMILES string of the molecule is C[C@@H](NC(=O)c1ccc(-n2cnnn2)cc1)[C@@H]1CCCO1. The van der Waals surface area contributed by atoms with Crippen molar-refractivity contribution in [2.24, 2.45) is 0 Å². The first-order valence-corrected chi connectivity index (χ1v) is 7.00. The Balaban J connectivity index is 1.64. The van der Waals surface area contributed by atoms with E-state index < -0.39 is 0 Å². The van der Waals surface area contributed by atoms with Crippen molar-refractivity contribution in [3.8, 4) is 5.69 Å². The van der Waals surface area contributed by atoms with Crippen LogP contribution in [0.25, 0.3) is 5.69 Å². The van der Waals surface area contributed by atoms with E-state index in [9.17, 15) is 4.79 Å². The first-order chi connectivity index (χ1) is 10.2. The number of aromatic nitrogens is 4. The molecule has 1 aromatic heterocycles. The minimum absolute atomic E-state index is 0.0131. The maximum atomic E-state index is 12.2. The molecule has 3 rings (SSSR count). The van der Waals surface area contributed by atoms with E-state index in [1.54, 1.807) is 12.1 Å². The number of carbonyl (C=O) groups is 1. The van der Waals surface area contributed by atoms with E-state index in [2.05, 4.69) is 20.8 Å². The van der Waals surface area contributed by atoms with E-state index in [0.717, 1.165) is 25.1 Å². The highest BCUT2D eigenvalue weighted by atomic mass is 16.5. The molecule has 7 heteroatoms. The van der Waals surface area contributed by atoms with Crippen molar-refractivity contribution in [2.45, 2.75) is 31.9 Å². The lowest BCUT2D eigenvalue weighted by atomic mass is 10.1. The van der Waals surface area contributed by atoms with Crippen LogP contribution in [0.3, 0.4) is 0 Å². The van der Waals surface area contributed by atoms with Gasteiger partial charge in [-0.05, 0) is 54.5 Å². The Hall–Kier alpha value is -2.28. The zero-order valence-corrected chi connectivity index (χ0v) is 11.8. The molecule has 2 atom stereocenters. The third-order valence-electron chi connectivity index (χ3n) is 3.62. The predicted molar refractivity (Wildman–Crippen MR) is 75.1 cm³/mol. The number of amides is 1. The summed E-state index contributed by atoms with van der Waals surface area (Å²) in [5.41, 5.74) is 1.42. The molecule has 21 heavy (non-hydrogen) atoms. The molecular weight excluding hydrogens is 270 g/mol. The van der Waals surface area contributed by atoms with E-state index in [-0.39, 0.29) is 18.1 Å². The van der Waals surface area contributed by atoms with Gasteiger partial charge in [0.1, 0.15) is 6.33 Å². The first-order valence-electron chi connectivity index (χ1n) is 7.00. The van der Waals surface area contributed by atoms with Crippen LogP contribution in [-0.2, 0) is 4.74 Å². The summed E-state index contributed by atoms with van der Waals surface area (Å²) < 4.78 is 7.12. The first kappa shape index (κ1) is 13.7. The van der Waals surface area contributed by atoms with Gasteiger partial charge in [-0.25, -0.2) is 4.68 Å². The minimum atomic E-state index is -0.0961. The van der Waals surface area contributed by atoms with Gasteiger partial charge in [0.05, 0.1) is 17.8 Å². The van der Waals surface area contributed by atoms with Crippen LogP contribution in [0.1, 0.15) is 30.1 Å². The summed E-state index contributed by atoms with van der Waals surface area (Å²) >= 11 is 0. The van der Waals surface area contributed by atoms with Crippen molar-refractivity contribution in [1.29, 1.82) is 0 Å². The molecule has 2 aromatic rings. The van der Waals surface area contributed by atoms with Gasteiger partial charge in [0.2, 0.25) is 0 Å². The van der Waals surface area contributed by atoms with Gasteiger partial charge in [-0.15, -0.1) is 5.10 Å². The second kappa shape index (κ2) is 6.01. The number of carbonyl (C=O) groups excluding carboxylic acids is 1. The van der Waals surface area contributed by atoms with Gasteiger partial charge < -0.3 is 10.1 Å². The molecule has 1 saturated heterocycles. The number of nitrogens with one attached hydrogen (secondary N) is 1. The summed E-state index contributed by atoms with van der Waals surface area (Å²) in [5.74, 6) is -0.0961. The van der Waals surface area contributed by atoms with E-state index in [4.69, 9.17) is 4.74 Å². The third kappa shape index (κ3) is 3.08. The zero-order chi connectivity index (χ0) is 14.7. The van der Waals surface area contributed by atoms with E-state index in [1.807, 2.05) is 19.1 Å². The molecule has 1 amide bonds.